The first-order valence-corrected chi connectivity index (χ1v) is 25.8. The van der Waals surface area contributed by atoms with Gasteiger partial charge in [-0.1, -0.05) is 242 Å². The van der Waals surface area contributed by atoms with E-state index in [0.29, 0.717) is 19.3 Å². The highest BCUT2D eigenvalue weighted by atomic mass is 16.6. The van der Waals surface area contributed by atoms with Gasteiger partial charge in [-0.05, 0) is 83.5 Å². The first-order valence-electron chi connectivity index (χ1n) is 25.8. The molecule has 0 aromatic carbocycles. The highest BCUT2D eigenvalue weighted by molar-refractivity contribution is 5.71. The van der Waals surface area contributed by atoms with Crippen LogP contribution in [0, 0.1) is 0 Å². The van der Waals surface area contributed by atoms with Crippen molar-refractivity contribution >= 4 is 17.9 Å². The number of ether oxygens (including phenoxy) is 3. The van der Waals surface area contributed by atoms with Gasteiger partial charge in [0.15, 0.2) is 6.10 Å². The predicted octanol–water partition coefficient (Wildman–Crippen LogP) is 17.2. The van der Waals surface area contributed by atoms with Crippen molar-refractivity contribution in [1.82, 2.24) is 0 Å². The summed E-state index contributed by atoms with van der Waals surface area (Å²) in [6.07, 6.45) is 78.9. The summed E-state index contributed by atoms with van der Waals surface area (Å²) in [4.78, 5) is 38.0. The van der Waals surface area contributed by atoms with Gasteiger partial charge in [0, 0.05) is 19.3 Å². The van der Waals surface area contributed by atoms with Gasteiger partial charge < -0.3 is 14.2 Å². The Morgan fingerprint density at radius 1 is 0.313 bits per heavy atom. The summed E-state index contributed by atoms with van der Waals surface area (Å²) >= 11 is 0. The lowest BCUT2D eigenvalue weighted by Crippen LogP contribution is -2.30. The lowest BCUT2D eigenvalue weighted by molar-refractivity contribution is -0.167. The first kappa shape index (κ1) is 61.8. The number of esters is 3. The van der Waals surface area contributed by atoms with Crippen LogP contribution in [-0.2, 0) is 28.6 Å². The summed E-state index contributed by atoms with van der Waals surface area (Å²) in [6, 6.07) is 0. The molecule has 1 unspecified atom stereocenters. The number of allylic oxidation sites excluding steroid dienone is 28. The maximum Gasteiger partial charge on any atom is 0.306 e. The van der Waals surface area contributed by atoms with Gasteiger partial charge in [-0.15, -0.1) is 0 Å². The molecule has 0 spiro atoms. The molecule has 0 saturated carbocycles. The highest BCUT2D eigenvalue weighted by Crippen LogP contribution is 2.12. The zero-order valence-electron chi connectivity index (χ0n) is 42.1. The lowest BCUT2D eigenvalue weighted by Gasteiger charge is -2.18. The number of carbonyl (C=O) groups excluding carboxylic acids is 3. The second-order valence-electron chi connectivity index (χ2n) is 16.3. The average molecular weight is 919 g/mol. The largest absolute Gasteiger partial charge is 0.462 e. The normalized spacial score (nSPS) is 13.5. The molecule has 0 saturated heterocycles. The fourth-order valence-electron chi connectivity index (χ4n) is 6.20. The van der Waals surface area contributed by atoms with Crippen molar-refractivity contribution in [3.05, 3.63) is 170 Å². The number of hydrogen-bond acceptors (Lipinski definition) is 6. The fourth-order valence-corrected chi connectivity index (χ4v) is 6.20. The topological polar surface area (TPSA) is 78.9 Å². The molecule has 0 bridgehead atoms. The standard InChI is InChI=1S/C61H90O6/c1-4-7-10-13-16-19-22-25-28-30-33-36-39-42-45-48-51-54-60(63)66-57-58(56-65-59(62)53-50-47-44-41-38-35-32-27-24-21-18-15-12-9-6-3)67-61(64)55-52-49-46-43-40-37-34-31-29-26-23-20-17-14-11-8-5-2/h7-8,10-11,13-14,16-31,33-34,36-37,39-40,58H,4-6,9,12,15,32,35,38,41-57H2,1-3H3/b10-7-,11-8-,16-13-,17-14-,21-18-,22-19-,23-20-,27-24-,28-25-,29-26-,33-30+,34-31+,39-36-,40-37-. The summed E-state index contributed by atoms with van der Waals surface area (Å²) in [5.41, 5.74) is 0. The summed E-state index contributed by atoms with van der Waals surface area (Å²) in [7, 11) is 0. The Labute approximate surface area is 409 Å². The molecule has 0 aliphatic carbocycles. The molecule has 0 aliphatic heterocycles. The van der Waals surface area contributed by atoms with Crippen LogP contribution in [0.5, 0.6) is 0 Å². The van der Waals surface area contributed by atoms with E-state index >= 15 is 0 Å². The average Bonchev–Trinajstić information content (AvgIpc) is 3.33. The van der Waals surface area contributed by atoms with Gasteiger partial charge in [0.25, 0.3) is 0 Å². The van der Waals surface area contributed by atoms with E-state index in [1.807, 2.05) is 122 Å². The summed E-state index contributed by atoms with van der Waals surface area (Å²) in [5.74, 6) is -1.04. The van der Waals surface area contributed by atoms with Gasteiger partial charge in [-0.2, -0.15) is 0 Å². The molecule has 0 aromatic heterocycles. The molecular weight excluding hydrogens is 829 g/mol. The molecule has 0 heterocycles. The summed E-state index contributed by atoms with van der Waals surface area (Å²) in [5, 5.41) is 0. The van der Waals surface area contributed by atoms with Crippen molar-refractivity contribution in [1.29, 1.82) is 0 Å². The van der Waals surface area contributed by atoms with E-state index in [0.717, 1.165) is 89.9 Å². The van der Waals surface area contributed by atoms with Crippen molar-refractivity contribution in [2.75, 3.05) is 13.2 Å². The smallest absolute Gasteiger partial charge is 0.306 e. The zero-order valence-corrected chi connectivity index (χ0v) is 42.1. The molecule has 6 heteroatoms. The van der Waals surface area contributed by atoms with E-state index in [2.05, 4.69) is 69.4 Å². The molecule has 6 nitrogen and oxygen atoms in total. The lowest BCUT2D eigenvalue weighted by atomic mass is 10.1. The Balaban J connectivity index is 4.65. The van der Waals surface area contributed by atoms with Gasteiger partial charge >= 0.3 is 17.9 Å². The molecule has 67 heavy (non-hydrogen) atoms. The maximum absolute atomic E-state index is 12.8. The molecule has 0 fully saturated rings. The Kier molecular flexibility index (Phi) is 49.2. The van der Waals surface area contributed by atoms with Crippen LogP contribution >= 0.6 is 0 Å². The van der Waals surface area contributed by atoms with Crippen molar-refractivity contribution in [3.63, 3.8) is 0 Å². The number of hydrogen-bond donors (Lipinski definition) is 0. The quantitative estimate of drug-likeness (QED) is 0.0262. The van der Waals surface area contributed by atoms with Crippen LogP contribution in [-0.4, -0.2) is 37.2 Å². The molecule has 0 N–H and O–H groups in total. The molecule has 0 radical (unpaired) electrons. The molecule has 0 aliphatic rings. The molecular formula is C61H90O6. The number of rotatable bonds is 43. The van der Waals surface area contributed by atoms with E-state index in [1.165, 1.54) is 32.1 Å². The van der Waals surface area contributed by atoms with Gasteiger partial charge in [0.05, 0.1) is 0 Å². The van der Waals surface area contributed by atoms with Gasteiger partial charge in [-0.3, -0.25) is 14.4 Å². The second kappa shape index (κ2) is 53.4. The Morgan fingerprint density at radius 3 is 0.940 bits per heavy atom. The SMILES string of the molecule is CC\C=C/C=C\C=C/C=C\C=C\C=C/CCCCCC(=O)OCC(COC(=O)CCCCCCCC/C=C\C=C/CCCCC)OC(=O)CCCCC\C=C/C=C/C=C\C=C/C=C\C=C/CC. The van der Waals surface area contributed by atoms with E-state index in [-0.39, 0.29) is 44.0 Å². The minimum atomic E-state index is -0.835. The van der Waals surface area contributed by atoms with Crippen molar-refractivity contribution in [2.45, 2.75) is 181 Å². The van der Waals surface area contributed by atoms with Crippen LogP contribution in [0.2, 0.25) is 0 Å². The summed E-state index contributed by atoms with van der Waals surface area (Å²) < 4.78 is 16.7. The Bertz CT molecular complexity index is 1620. The van der Waals surface area contributed by atoms with Gasteiger partial charge in [0.2, 0.25) is 0 Å². The van der Waals surface area contributed by atoms with Crippen LogP contribution in [0.1, 0.15) is 175 Å². The molecule has 0 amide bonds. The molecule has 370 valence electrons. The molecule has 1 atom stereocenters. The maximum atomic E-state index is 12.8. The Morgan fingerprint density at radius 2 is 0.582 bits per heavy atom. The van der Waals surface area contributed by atoms with Crippen molar-refractivity contribution < 1.29 is 28.6 Å². The number of unbranched alkanes of at least 4 members (excludes halogenated alkanes) is 15. The van der Waals surface area contributed by atoms with E-state index in [4.69, 9.17) is 14.2 Å². The third-order valence-electron chi connectivity index (χ3n) is 10.0. The molecule has 0 rings (SSSR count). The predicted molar refractivity (Wildman–Crippen MR) is 288 cm³/mol. The molecule has 0 aromatic rings. The van der Waals surface area contributed by atoms with E-state index in [1.54, 1.807) is 0 Å². The summed E-state index contributed by atoms with van der Waals surface area (Å²) in [6.45, 7) is 6.20. The van der Waals surface area contributed by atoms with Gasteiger partial charge in [-0.25, -0.2) is 0 Å². The van der Waals surface area contributed by atoms with Crippen LogP contribution < -0.4 is 0 Å². The minimum Gasteiger partial charge on any atom is -0.462 e. The highest BCUT2D eigenvalue weighted by Gasteiger charge is 2.19. The minimum absolute atomic E-state index is 0.127. The van der Waals surface area contributed by atoms with Crippen LogP contribution in [0.25, 0.3) is 0 Å². The monoisotopic (exact) mass is 919 g/mol. The van der Waals surface area contributed by atoms with Crippen LogP contribution in [0.4, 0.5) is 0 Å². The zero-order chi connectivity index (χ0) is 48.6. The van der Waals surface area contributed by atoms with Crippen molar-refractivity contribution in [2.24, 2.45) is 0 Å². The van der Waals surface area contributed by atoms with E-state index in [9.17, 15) is 14.4 Å². The Hall–Kier alpha value is -5.23. The van der Waals surface area contributed by atoms with E-state index < -0.39 is 6.10 Å². The third-order valence-corrected chi connectivity index (χ3v) is 10.0. The van der Waals surface area contributed by atoms with Crippen LogP contribution in [0.15, 0.2) is 170 Å². The second-order valence-corrected chi connectivity index (χ2v) is 16.3. The van der Waals surface area contributed by atoms with Crippen LogP contribution in [0.3, 0.4) is 0 Å². The fraction of sp³-hybridized carbons (Fsp3) is 0.492. The van der Waals surface area contributed by atoms with Crippen molar-refractivity contribution in [3.8, 4) is 0 Å². The third kappa shape index (κ3) is 51.6. The van der Waals surface area contributed by atoms with Gasteiger partial charge in [0.1, 0.15) is 13.2 Å². The first-order chi connectivity index (χ1) is 33.0. The number of carbonyl (C=O) groups is 3.